The molecule has 9 heavy (non-hydrogen) atoms. The Labute approximate surface area is 76.0 Å². The van der Waals surface area contributed by atoms with Gasteiger partial charge in [-0.2, -0.15) is 0 Å². The number of hydrogen-bond donors (Lipinski definition) is 0. The van der Waals surface area contributed by atoms with E-state index in [4.69, 9.17) is 23.2 Å². The van der Waals surface area contributed by atoms with Gasteiger partial charge in [0.1, 0.15) is 0 Å². The Morgan fingerprint density at radius 3 is 1.67 bits per heavy atom. The molecule has 0 saturated carbocycles. The Hall–Kier alpha value is 0.850. The second kappa shape index (κ2) is 5.62. The number of hydrogen-bond acceptors (Lipinski definition) is 0. The van der Waals surface area contributed by atoms with E-state index in [0.717, 1.165) is 19.0 Å². The van der Waals surface area contributed by atoms with Gasteiger partial charge in [-0.25, -0.2) is 0 Å². The van der Waals surface area contributed by atoms with E-state index in [-0.39, 0.29) is 20.9 Å². The molecule has 0 atom stereocenters. The van der Waals surface area contributed by atoms with E-state index >= 15 is 0 Å². The summed E-state index contributed by atoms with van der Waals surface area (Å²) in [4.78, 5) is 0. The number of halogens is 2. The maximum atomic E-state index is 5.53. The Bertz CT molecular complexity index is 106. The fourth-order valence-electron chi connectivity index (χ4n) is 0.273. The van der Waals surface area contributed by atoms with Gasteiger partial charge in [0.05, 0.1) is 0 Å². The van der Waals surface area contributed by atoms with E-state index < -0.39 is 0 Å². The second-order valence-corrected chi connectivity index (χ2v) is 5.41. The zero-order chi connectivity index (χ0) is 7.28. The molecular weight excluding hydrogens is 271 g/mol. The molecule has 0 fully saturated rings. The molecule has 0 amide bonds. The molecule has 0 saturated heterocycles. The summed E-state index contributed by atoms with van der Waals surface area (Å²) in [5, 5.41) is 1.49. The van der Waals surface area contributed by atoms with Crippen LogP contribution in [0.2, 0.25) is 8.94 Å². The van der Waals surface area contributed by atoms with Crippen LogP contribution >= 0.6 is 23.2 Å². The normalized spacial score (nSPS) is 9.11. The molecule has 0 rings (SSSR count). The Kier molecular flexibility index (Phi) is 6.15. The molecule has 0 spiro atoms. The third-order valence-corrected chi connectivity index (χ3v) is 4.93. The van der Waals surface area contributed by atoms with Crippen molar-refractivity contribution in [2.75, 3.05) is 0 Å². The predicted molar refractivity (Wildman–Crippen MR) is 45.4 cm³/mol. The fourth-order valence-corrected chi connectivity index (χ4v) is 2.86. The van der Waals surface area contributed by atoms with E-state index in [1.54, 1.807) is 0 Å². The van der Waals surface area contributed by atoms with Crippen LogP contribution in [0.25, 0.3) is 0 Å². The topological polar surface area (TPSA) is 0 Å². The van der Waals surface area contributed by atoms with Crippen molar-refractivity contribution in [3.63, 3.8) is 0 Å². The average Bonchev–Trinajstić information content (AvgIpc) is 1.63. The summed E-state index contributed by atoms with van der Waals surface area (Å²) >= 11 is 11.0. The SMILES string of the molecule is C=C(Cl)C[Te]CC(=C)Cl. The van der Waals surface area contributed by atoms with Crippen molar-refractivity contribution in [2.45, 2.75) is 8.94 Å². The predicted octanol–water partition coefficient (Wildman–Crippen LogP) is 3.03. The van der Waals surface area contributed by atoms with Gasteiger partial charge in [0.2, 0.25) is 0 Å². The van der Waals surface area contributed by atoms with Crippen LogP contribution in [0, 0.1) is 0 Å². The zero-order valence-corrected chi connectivity index (χ0v) is 8.83. The summed E-state index contributed by atoms with van der Waals surface area (Å²) < 4.78 is 1.91. The summed E-state index contributed by atoms with van der Waals surface area (Å²) in [6.07, 6.45) is 0. The van der Waals surface area contributed by atoms with Crippen molar-refractivity contribution >= 4 is 44.1 Å². The van der Waals surface area contributed by atoms with E-state index in [0.29, 0.717) is 0 Å². The van der Waals surface area contributed by atoms with Crippen molar-refractivity contribution in [3.05, 3.63) is 23.2 Å². The first-order valence-corrected chi connectivity index (χ1v) is 6.42. The molecule has 0 heterocycles. The molecule has 52 valence electrons. The molecule has 0 aromatic rings. The number of allylic oxidation sites excluding steroid dienone is 2. The number of rotatable bonds is 4. The van der Waals surface area contributed by atoms with Crippen LogP contribution in [-0.4, -0.2) is 20.9 Å². The molecule has 0 aliphatic heterocycles. The first kappa shape index (κ1) is 9.85. The standard InChI is InChI=1S/C6H8Cl2Te/c1-5(7)3-9-4-6(2)8/h1-4H2. The third-order valence-electron chi connectivity index (χ3n) is 0.517. The van der Waals surface area contributed by atoms with E-state index in [1.165, 1.54) is 0 Å². The zero-order valence-electron chi connectivity index (χ0n) is 4.99. The molecule has 3 heteroatoms. The third kappa shape index (κ3) is 8.85. The fraction of sp³-hybridized carbons (Fsp3) is 0.333. The van der Waals surface area contributed by atoms with E-state index in [1.807, 2.05) is 0 Å². The summed E-state index contributed by atoms with van der Waals surface area (Å²) in [6, 6.07) is 0. The minimum absolute atomic E-state index is 0.0765. The van der Waals surface area contributed by atoms with Gasteiger partial charge in [-0.15, -0.1) is 0 Å². The Morgan fingerprint density at radius 2 is 1.44 bits per heavy atom. The van der Waals surface area contributed by atoms with Gasteiger partial charge in [0.15, 0.2) is 0 Å². The summed E-state index contributed by atoms with van der Waals surface area (Å²) in [5.41, 5.74) is 0. The molecule has 0 aliphatic rings. The monoisotopic (exact) mass is 280 g/mol. The van der Waals surface area contributed by atoms with Gasteiger partial charge in [0.25, 0.3) is 0 Å². The molecule has 0 aromatic carbocycles. The Balaban J connectivity index is 3.10. The molecule has 0 nitrogen and oxygen atoms in total. The molecule has 0 aromatic heterocycles. The van der Waals surface area contributed by atoms with Crippen LogP contribution in [0.15, 0.2) is 23.2 Å². The van der Waals surface area contributed by atoms with Crippen LogP contribution in [0.5, 0.6) is 0 Å². The summed E-state index contributed by atoms with van der Waals surface area (Å²) in [7, 11) is 0. The van der Waals surface area contributed by atoms with Crippen LogP contribution in [0.4, 0.5) is 0 Å². The van der Waals surface area contributed by atoms with Crippen LogP contribution in [0.1, 0.15) is 0 Å². The van der Waals surface area contributed by atoms with Crippen molar-refractivity contribution in [2.24, 2.45) is 0 Å². The van der Waals surface area contributed by atoms with Crippen LogP contribution < -0.4 is 0 Å². The molecule has 0 radical (unpaired) electrons. The van der Waals surface area contributed by atoms with Gasteiger partial charge in [-0.3, -0.25) is 0 Å². The van der Waals surface area contributed by atoms with E-state index in [2.05, 4.69) is 13.2 Å². The van der Waals surface area contributed by atoms with Crippen molar-refractivity contribution in [1.82, 2.24) is 0 Å². The molecular formula is C6H8Cl2Te. The maximum absolute atomic E-state index is 5.53. The molecule has 0 aliphatic carbocycles. The first-order valence-electron chi connectivity index (χ1n) is 2.37. The van der Waals surface area contributed by atoms with Gasteiger partial charge < -0.3 is 0 Å². The minimum atomic E-state index is -0.0765. The van der Waals surface area contributed by atoms with E-state index in [9.17, 15) is 0 Å². The van der Waals surface area contributed by atoms with Gasteiger partial charge in [-0.05, 0) is 0 Å². The Morgan fingerprint density at radius 1 is 1.11 bits per heavy atom. The first-order chi connectivity index (χ1) is 4.13. The molecule has 0 unspecified atom stereocenters. The van der Waals surface area contributed by atoms with Crippen molar-refractivity contribution in [3.8, 4) is 0 Å². The van der Waals surface area contributed by atoms with Gasteiger partial charge >= 0.3 is 76.3 Å². The summed E-state index contributed by atoms with van der Waals surface area (Å²) in [5.74, 6) is 0. The van der Waals surface area contributed by atoms with Crippen LogP contribution in [-0.2, 0) is 0 Å². The van der Waals surface area contributed by atoms with Crippen molar-refractivity contribution in [1.29, 1.82) is 0 Å². The van der Waals surface area contributed by atoms with Gasteiger partial charge in [-0.1, -0.05) is 0 Å². The average molecular weight is 279 g/mol. The molecule has 0 N–H and O–H groups in total. The molecule has 0 bridgehead atoms. The van der Waals surface area contributed by atoms with Crippen molar-refractivity contribution < 1.29 is 0 Å². The summed E-state index contributed by atoms with van der Waals surface area (Å²) in [6.45, 7) is 7.15. The van der Waals surface area contributed by atoms with Gasteiger partial charge in [0, 0.05) is 0 Å². The second-order valence-electron chi connectivity index (χ2n) is 1.53. The quantitative estimate of drug-likeness (QED) is 0.694. The van der Waals surface area contributed by atoms with Crippen LogP contribution in [0.3, 0.4) is 0 Å².